The molecular weight excluding hydrogens is 478 g/mol. The van der Waals surface area contributed by atoms with Crippen molar-refractivity contribution in [3.63, 3.8) is 0 Å². The van der Waals surface area contributed by atoms with Gasteiger partial charge in [-0.05, 0) is 48.1 Å². The molecule has 2 atom stereocenters. The minimum absolute atomic E-state index is 0.00786. The number of aryl methyl sites for hydroxylation is 1. The van der Waals surface area contributed by atoms with E-state index in [1.165, 1.54) is 6.92 Å². The number of hydrogen-bond donors (Lipinski definition) is 0. The summed E-state index contributed by atoms with van der Waals surface area (Å²) in [6.07, 6.45) is -9.40. The number of aromatic nitrogens is 1. The molecule has 1 aliphatic heterocycles. The summed E-state index contributed by atoms with van der Waals surface area (Å²) in [5.74, 6) is -0.666. The van der Waals surface area contributed by atoms with E-state index in [4.69, 9.17) is 4.74 Å². The minimum Gasteiger partial charge on any atom is -0.439 e. The van der Waals surface area contributed by atoms with Crippen molar-refractivity contribution in [2.24, 2.45) is 0 Å². The fourth-order valence-electron chi connectivity index (χ4n) is 4.12. The van der Waals surface area contributed by atoms with E-state index in [0.717, 1.165) is 21.2 Å². The van der Waals surface area contributed by atoms with Crippen LogP contribution in [0.4, 0.5) is 31.1 Å². The lowest BCUT2D eigenvalue weighted by Crippen LogP contribution is -2.38. The fraction of sp³-hybridized carbons (Fsp3) is 0.292. The molecule has 2 aromatic carbocycles. The van der Waals surface area contributed by atoms with Crippen molar-refractivity contribution in [2.75, 3.05) is 0 Å². The maximum atomic E-state index is 13.2. The van der Waals surface area contributed by atoms with Crippen molar-refractivity contribution < 1.29 is 40.7 Å². The minimum atomic E-state index is -5.05. The van der Waals surface area contributed by atoms with Crippen molar-refractivity contribution in [3.8, 4) is 0 Å². The summed E-state index contributed by atoms with van der Waals surface area (Å²) in [5.41, 5.74) is -2.81. The summed E-state index contributed by atoms with van der Waals surface area (Å²) in [4.78, 5) is 30.1. The highest BCUT2D eigenvalue weighted by Gasteiger charge is 2.45. The molecule has 0 aliphatic carbocycles. The zero-order valence-corrected chi connectivity index (χ0v) is 18.2. The first-order valence-electron chi connectivity index (χ1n) is 10.5. The van der Waals surface area contributed by atoms with Gasteiger partial charge in [0.15, 0.2) is 0 Å². The number of halogens is 6. The number of nitrogens with zero attached hydrogens (tertiary/aromatic N) is 2. The molecule has 184 valence electrons. The van der Waals surface area contributed by atoms with Crippen LogP contribution in [0.3, 0.4) is 0 Å². The van der Waals surface area contributed by atoms with Crippen LogP contribution in [0.1, 0.15) is 41.7 Å². The molecular formula is C24H18F6N2O3. The van der Waals surface area contributed by atoms with Crippen LogP contribution in [-0.2, 0) is 28.3 Å². The van der Waals surface area contributed by atoms with Gasteiger partial charge in [-0.25, -0.2) is 9.69 Å². The van der Waals surface area contributed by atoms with Crippen molar-refractivity contribution in [1.82, 2.24) is 9.88 Å². The number of carbonyl (C=O) groups is 2. The van der Waals surface area contributed by atoms with Gasteiger partial charge < -0.3 is 4.74 Å². The van der Waals surface area contributed by atoms with E-state index in [1.54, 1.807) is 12.4 Å². The van der Waals surface area contributed by atoms with E-state index in [-0.39, 0.29) is 18.9 Å². The van der Waals surface area contributed by atoms with Crippen molar-refractivity contribution in [3.05, 3.63) is 77.1 Å². The summed E-state index contributed by atoms with van der Waals surface area (Å²) in [6.45, 7) is 1.33. The molecule has 2 amide bonds. The third-order valence-electron chi connectivity index (χ3n) is 5.84. The smallest absolute Gasteiger partial charge is 0.417 e. The van der Waals surface area contributed by atoms with E-state index in [9.17, 15) is 35.9 Å². The first kappa shape index (κ1) is 24.5. The number of hydrogen-bond acceptors (Lipinski definition) is 4. The van der Waals surface area contributed by atoms with Gasteiger partial charge in [-0.2, -0.15) is 26.3 Å². The van der Waals surface area contributed by atoms with Crippen LogP contribution < -0.4 is 0 Å². The highest BCUT2D eigenvalue weighted by molar-refractivity contribution is 5.94. The number of alkyl halides is 6. The second-order valence-electron chi connectivity index (χ2n) is 8.17. The molecule has 0 radical (unpaired) electrons. The Morgan fingerprint density at radius 3 is 2.26 bits per heavy atom. The molecule has 2 heterocycles. The maximum Gasteiger partial charge on any atom is 0.417 e. The van der Waals surface area contributed by atoms with E-state index in [2.05, 4.69) is 4.98 Å². The van der Waals surface area contributed by atoms with Gasteiger partial charge in [0.25, 0.3) is 0 Å². The number of ether oxygens (including phenoxy) is 1. The third kappa shape index (κ3) is 4.94. The Morgan fingerprint density at radius 2 is 1.63 bits per heavy atom. The Kier molecular flexibility index (Phi) is 6.20. The molecule has 5 nitrogen and oxygen atoms in total. The molecule has 4 rings (SSSR count). The molecule has 3 aromatic rings. The maximum absolute atomic E-state index is 13.2. The van der Waals surface area contributed by atoms with Crippen LogP contribution in [-0.4, -0.2) is 27.9 Å². The molecule has 35 heavy (non-hydrogen) atoms. The number of carbonyl (C=O) groups excluding carboxylic acids is 2. The topological polar surface area (TPSA) is 59.5 Å². The Bertz CT molecular complexity index is 1250. The van der Waals surface area contributed by atoms with Gasteiger partial charge >= 0.3 is 18.4 Å². The number of pyridine rings is 1. The van der Waals surface area contributed by atoms with E-state index in [1.807, 2.05) is 24.3 Å². The number of imide groups is 1. The molecule has 0 bridgehead atoms. The van der Waals surface area contributed by atoms with E-state index < -0.39 is 53.2 Å². The van der Waals surface area contributed by atoms with Crippen molar-refractivity contribution >= 4 is 22.8 Å². The normalized spacial score (nSPS) is 18.7. The van der Waals surface area contributed by atoms with Gasteiger partial charge in [0.2, 0.25) is 5.91 Å². The summed E-state index contributed by atoms with van der Waals surface area (Å²) in [7, 11) is 0. The number of cyclic esters (lactones) is 1. The Labute approximate surface area is 195 Å². The Hall–Kier alpha value is -3.63. The van der Waals surface area contributed by atoms with E-state index >= 15 is 0 Å². The highest BCUT2D eigenvalue weighted by atomic mass is 19.4. The van der Waals surface area contributed by atoms with Gasteiger partial charge in [0.05, 0.1) is 17.2 Å². The molecule has 1 fully saturated rings. The standard InChI is InChI=1S/C24H18F6N2O3/c1-13-21(16-8-17(23(25,26)27)10-18(9-16)24(28,29)30)35-22(34)32(13)20(33)7-6-15-12-31-11-14-4-2-3-5-19(14)15/h2-5,8-13,21H,6-7H2,1H3/t13-,21-/m0/s1. The lowest BCUT2D eigenvalue weighted by molar-refractivity contribution is -0.143. The van der Waals surface area contributed by atoms with Crippen molar-refractivity contribution in [2.45, 2.75) is 44.3 Å². The van der Waals surface area contributed by atoms with Crippen LogP contribution in [0, 0.1) is 0 Å². The number of amides is 2. The Morgan fingerprint density at radius 1 is 1.00 bits per heavy atom. The number of fused-ring (bicyclic) bond motifs is 1. The fourth-order valence-corrected chi connectivity index (χ4v) is 4.12. The second kappa shape index (κ2) is 8.86. The zero-order chi connectivity index (χ0) is 25.5. The Balaban J connectivity index is 1.57. The molecule has 11 heteroatoms. The van der Waals surface area contributed by atoms with Crippen LogP contribution in [0.15, 0.2) is 54.9 Å². The lowest BCUT2D eigenvalue weighted by Gasteiger charge is -2.21. The first-order valence-corrected chi connectivity index (χ1v) is 10.5. The lowest BCUT2D eigenvalue weighted by atomic mass is 9.97. The first-order chi connectivity index (χ1) is 16.4. The van der Waals surface area contributed by atoms with Crippen LogP contribution in [0.2, 0.25) is 0 Å². The largest absolute Gasteiger partial charge is 0.439 e. The van der Waals surface area contributed by atoms with Gasteiger partial charge in [-0.3, -0.25) is 9.78 Å². The van der Waals surface area contributed by atoms with Crippen LogP contribution >= 0.6 is 0 Å². The molecule has 0 N–H and O–H groups in total. The summed E-state index contributed by atoms with van der Waals surface area (Å²) < 4.78 is 84.4. The molecule has 0 spiro atoms. The summed E-state index contributed by atoms with van der Waals surface area (Å²) in [6, 6.07) is 7.23. The average Bonchev–Trinajstić information content (AvgIpc) is 3.09. The quantitative estimate of drug-likeness (QED) is 0.397. The van der Waals surface area contributed by atoms with Crippen LogP contribution in [0.25, 0.3) is 10.8 Å². The van der Waals surface area contributed by atoms with Crippen molar-refractivity contribution in [1.29, 1.82) is 0 Å². The molecule has 0 unspecified atom stereocenters. The van der Waals surface area contributed by atoms with E-state index in [0.29, 0.717) is 12.1 Å². The monoisotopic (exact) mass is 496 g/mol. The number of rotatable bonds is 4. The third-order valence-corrected chi connectivity index (χ3v) is 5.84. The molecule has 0 saturated carbocycles. The van der Waals surface area contributed by atoms with Gasteiger partial charge in [-0.1, -0.05) is 24.3 Å². The van der Waals surface area contributed by atoms with Crippen LogP contribution in [0.5, 0.6) is 0 Å². The molecule has 1 aliphatic rings. The average molecular weight is 496 g/mol. The second-order valence-corrected chi connectivity index (χ2v) is 8.17. The predicted molar refractivity (Wildman–Crippen MR) is 112 cm³/mol. The van der Waals surface area contributed by atoms with Gasteiger partial charge in [-0.15, -0.1) is 0 Å². The molecule has 1 saturated heterocycles. The number of benzene rings is 2. The zero-order valence-electron chi connectivity index (χ0n) is 18.2. The molecule has 1 aromatic heterocycles. The van der Waals surface area contributed by atoms with Gasteiger partial charge in [0, 0.05) is 24.2 Å². The SMILES string of the molecule is C[C@H]1[C@@H](c2cc(C(F)(F)F)cc(C(F)(F)F)c2)OC(=O)N1C(=O)CCc1cncc2ccccc12. The summed E-state index contributed by atoms with van der Waals surface area (Å²) in [5, 5.41) is 1.73. The van der Waals surface area contributed by atoms with Gasteiger partial charge in [0.1, 0.15) is 6.10 Å². The summed E-state index contributed by atoms with van der Waals surface area (Å²) >= 11 is 0. The highest BCUT2D eigenvalue weighted by Crippen LogP contribution is 2.40. The predicted octanol–water partition coefficient (Wildman–Crippen LogP) is 6.31.